The third kappa shape index (κ3) is 7.32. The van der Waals surface area contributed by atoms with E-state index in [1.165, 1.54) is 9.75 Å². The molecule has 0 unspecified atom stereocenters. The second-order valence-electron chi connectivity index (χ2n) is 7.63. The molecule has 0 N–H and O–H groups in total. The van der Waals surface area contributed by atoms with Gasteiger partial charge in [-0.3, -0.25) is 9.59 Å². The molecule has 0 aliphatic carbocycles. The van der Waals surface area contributed by atoms with Crippen molar-refractivity contribution in [2.24, 2.45) is 0 Å². The Morgan fingerprint density at radius 2 is 1.72 bits per heavy atom. The minimum absolute atomic E-state index is 0.00468. The van der Waals surface area contributed by atoms with E-state index in [2.05, 4.69) is 32.9 Å². The molecule has 158 valence electrons. The van der Waals surface area contributed by atoms with Gasteiger partial charge in [-0.25, -0.2) is 0 Å². The molecular weight excluding hydrogens is 380 g/mol. The van der Waals surface area contributed by atoms with Crippen LogP contribution in [0, 0.1) is 6.92 Å². The van der Waals surface area contributed by atoms with Crippen LogP contribution >= 0.6 is 11.3 Å². The van der Waals surface area contributed by atoms with E-state index in [0.717, 1.165) is 24.8 Å². The van der Waals surface area contributed by atoms with E-state index in [9.17, 15) is 9.59 Å². The van der Waals surface area contributed by atoms with Crippen LogP contribution in [0.4, 0.5) is 0 Å². The van der Waals surface area contributed by atoms with Crippen LogP contribution < -0.4 is 0 Å². The van der Waals surface area contributed by atoms with Crippen LogP contribution in [0.15, 0.2) is 42.5 Å². The Morgan fingerprint density at radius 3 is 2.31 bits per heavy atom. The number of amides is 2. The van der Waals surface area contributed by atoms with Crippen molar-refractivity contribution in [1.82, 2.24) is 9.80 Å². The first-order valence-electron chi connectivity index (χ1n) is 10.6. The number of benzene rings is 1. The normalized spacial score (nSPS) is 11.9. The average molecular weight is 415 g/mol. The number of hydrogen-bond acceptors (Lipinski definition) is 3. The van der Waals surface area contributed by atoms with Gasteiger partial charge in [-0.2, -0.15) is 0 Å². The van der Waals surface area contributed by atoms with Gasteiger partial charge >= 0.3 is 0 Å². The Labute approximate surface area is 179 Å². The fraction of sp³-hybridized carbons (Fsp3) is 0.500. The standard InChI is InChI=1S/C24H34N2O2S/c1-5-7-13-23(27)26(19(3)6-2)18-24(28)25(16-21-11-9-8-10-12-21)17-22-15-14-20(4)29-22/h8-12,14-15,19H,5-7,13,16-18H2,1-4H3/t19-/m1/s1. The molecule has 2 amide bonds. The van der Waals surface area contributed by atoms with Crippen molar-refractivity contribution in [3.05, 3.63) is 57.8 Å². The molecule has 1 aromatic heterocycles. The summed E-state index contributed by atoms with van der Waals surface area (Å²) >= 11 is 1.72. The van der Waals surface area contributed by atoms with Gasteiger partial charge in [0, 0.05) is 28.8 Å². The van der Waals surface area contributed by atoms with E-state index in [-0.39, 0.29) is 24.4 Å². The van der Waals surface area contributed by atoms with E-state index < -0.39 is 0 Å². The number of carbonyl (C=O) groups is 2. The minimum Gasteiger partial charge on any atom is -0.332 e. The van der Waals surface area contributed by atoms with Crippen molar-refractivity contribution in [3.8, 4) is 0 Å². The number of rotatable bonds is 11. The highest BCUT2D eigenvalue weighted by atomic mass is 32.1. The van der Waals surface area contributed by atoms with E-state index in [1.807, 2.05) is 42.2 Å². The lowest BCUT2D eigenvalue weighted by Gasteiger charge is -2.31. The minimum atomic E-state index is 0.00468. The Bertz CT molecular complexity index is 772. The summed E-state index contributed by atoms with van der Waals surface area (Å²) in [5.41, 5.74) is 1.10. The third-order valence-electron chi connectivity index (χ3n) is 5.20. The Hall–Kier alpha value is -2.14. The van der Waals surface area contributed by atoms with Gasteiger partial charge in [-0.15, -0.1) is 11.3 Å². The topological polar surface area (TPSA) is 40.6 Å². The molecule has 0 saturated heterocycles. The highest BCUT2D eigenvalue weighted by molar-refractivity contribution is 7.11. The first kappa shape index (κ1) is 23.1. The molecule has 1 atom stereocenters. The van der Waals surface area contributed by atoms with E-state index in [4.69, 9.17) is 0 Å². The van der Waals surface area contributed by atoms with Gasteiger partial charge < -0.3 is 9.80 Å². The summed E-state index contributed by atoms with van der Waals surface area (Å²) in [6, 6.07) is 14.3. The maximum atomic E-state index is 13.3. The van der Waals surface area contributed by atoms with Crippen LogP contribution in [-0.4, -0.2) is 34.2 Å². The van der Waals surface area contributed by atoms with Gasteiger partial charge in [0.2, 0.25) is 11.8 Å². The van der Waals surface area contributed by atoms with E-state index in [1.54, 1.807) is 16.2 Å². The van der Waals surface area contributed by atoms with Crippen molar-refractivity contribution in [2.75, 3.05) is 6.54 Å². The van der Waals surface area contributed by atoms with Crippen LogP contribution in [0.1, 0.15) is 61.8 Å². The van der Waals surface area contributed by atoms with Crippen molar-refractivity contribution in [1.29, 1.82) is 0 Å². The zero-order valence-corrected chi connectivity index (χ0v) is 19.0. The molecular formula is C24H34N2O2S. The Kier molecular flexibility index (Phi) is 9.39. The van der Waals surface area contributed by atoms with Crippen LogP contribution in [0.3, 0.4) is 0 Å². The van der Waals surface area contributed by atoms with Crippen LogP contribution in [0.25, 0.3) is 0 Å². The Balaban J connectivity index is 2.17. The van der Waals surface area contributed by atoms with Gasteiger partial charge in [-0.1, -0.05) is 50.6 Å². The van der Waals surface area contributed by atoms with Gasteiger partial charge in [0.25, 0.3) is 0 Å². The zero-order valence-electron chi connectivity index (χ0n) is 18.2. The van der Waals surface area contributed by atoms with Crippen molar-refractivity contribution in [2.45, 2.75) is 72.5 Å². The molecule has 2 aromatic rings. The average Bonchev–Trinajstić information content (AvgIpc) is 3.14. The second kappa shape index (κ2) is 11.8. The van der Waals surface area contributed by atoms with Crippen molar-refractivity contribution >= 4 is 23.2 Å². The van der Waals surface area contributed by atoms with Crippen LogP contribution in [0.2, 0.25) is 0 Å². The fourth-order valence-electron chi connectivity index (χ4n) is 3.22. The summed E-state index contributed by atoms with van der Waals surface area (Å²) in [5.74, 6) is 0.0891. The van der Waals surface area contributed by atoms with Gasteiger partial charge in [0.15, 0.2) is 0 Å². The number of nitrogens with zero attached hydrogens (tertiary/aromatic N) is 2. The highest BCUT2D eigenvalue weighted by Gasteiger charge is 2.24. The highest BCUT2D eigenvalue weighted by Crippen LogP contribution is 2.19. The summed E-state index contributed by atoms with van der Waals surface area (Å²) in [7, 11) is 0. The number of thiophene rings is 1. The molecule has 0 bridgehead atoms. The molecule has 0 saturated carbocycles. The maximum absolute atomic E-state index is 13.3. The molecule has 2 rings (SSSR count). The second-order valence-corrected chi connectivity index (χ2v) is 9.00. The molecule has 5 heteroatoms. The Morgan fingerprint density at radius 1 is 1.00 bits per heavy atom. The number of unbranched alkanes of at least 4 members (excludes halogenated alkanes) is 1. The zero-order chi connectivity index (χ0) is 21.2. The fourth-order valence-corrected chi connectivity index (χ4v) is 4.13. The summed E-state index contributed by atoms with van der Waals surface area (Å²) in [6.07, 6.45) is 3.19. The van der Waals surface area contributed by atoms with Crippen molar-refractivity contribution in [3.63, 3.8) is 0 Å². The summed E-state index contributed by atoms with van der Waals surface area (Å²) in [6.45, 7) is 9.52. The monoisotopic (exact) mass is 414 g/mol. The first-order valence-corrected chi connectivity index (χ1v) is 11.4. The lowest BCUT2D eigenvalue weighted by Crippen LogP contribution is -2.46. The summed E-state index contributed by atoms with van der Waals surface area (Å²) in [5, 5.41) is 0. The summed E-state index contributed by atoms with van der Waals surface area (Å²) < 4.78 is 0. The molecule has 1 aromatic carbocycles. The molecule has 0 radical (unpaired) electrons. The van der Waals surface area contributed by atoms with Gasteiger partial charge in [0.1, 0.15) is 6.54 Å². The molecule has 0 spiro atoms. The number of hydrogen-bond donors (Lipinski definition) is 0. The lowest BCUT2D eigenvalue weighted by atomic mass is 10.1. The number of aryl methyl sites for hydroxylation is 1. The largest absolute Gasteiger partial charge is 0.332 e. The third-order valence-corrected chi connectivity index (χ3v) is 6.19. The van der Waals surface area contributed by atoms with Crippen LogP contribution in [0.5, 0.6) is 0 Å². The van der Waals surface area contributed by atoms with Crippen molar-refractivity contribution < 1.29 is 9.59 Å². The molecule has 0 aliphatic heterocycles. The summed E-state index contributed by atoms with van der Waals surface area (Å²) in [4.78, 5) is 32.1. The molecule has 0 aliphatic rings. The quantitative estimate of drug-likeness (QED) is 0.494. The van der Waals surface area contributed by atoms with E-state index >= 15 is 0 Å². The maximum Gasteiger partial charge on any atom is 0.242 e. The van der Waals surface area contributed by atoms with Crippen LogP contribution in [-0.2, 0) is 22.7 Å². The van der Waals surface area contributed by atoms with E-state index in [0.29, 0.717) is 19.5 Å². The molecule has 0 fully saturated rings. The lowest BCUT2D eigenvalue weighted by molar-refractivity contribution is -0.143. The molecule has 4 nitrogen and oxygen atoms in total. The number of carbonyl (C=O) groups excluding carboxylic acids is 2. The predicted molar refractivity (Wildman–Crippen MR) is 121 cm³/mol. The molecule has 29 heavy (non-hydrogen) atoms. The predicted octanol–water partition coefficient (Wildman–Crippen LogP) is 5.40. The van der Waals surface area contributed by atoms with Gasteiger partial charge in [-0.05, 0) is 44.4 Å². The SMILES string of the molecule is CCCCC(=O)N(CC(=O)N(Cc1ccccc1)Cc1ccc(C)s1)[C@H](C)CC. The first-order chi connectivity index (χ1) is 13.9. The molecule has 1 heterocycles. The smallest absolute Gasteiger partial charge is 0.242 e. The van der Waals surface area contributed by atoms with Gasteiger partial charge in [0.05, 0.1) is 6.54 Å².